The van der Waals surface area contributed by atoms with Crippen LogP contribution in [0.3, 0.4) is 0 Å². The Morgan fingerprint density at radius 1 is 1.16 bits per heavy atom. The van der Waals surface area contributed by atoms with Crippen molar-refractivity contribution >= 4 is 15.9 Å². The number of methoxy groups -OCH3 is 1. The van der Waals surface area contributed by atoms with E-state index in [1.54, 1.807) is 7.11 Å². The van der Waals surface area contributed by atoms with E-state index in [1.807, 2.05) is 24.3 Å². The van der Waals surface area contributed by atoms with Crippen molar-refractivity contribution in [3.8, 4) is 5.75 Å². The molecular weight excluding hydrogens is 314 g/mol. The van der Waals surface area contributed by atoms with Gasteiger partial charge in [-0.25, -0.2) is 8.78 Å². The summed E-state index contributed by atoms with van der Waals surface area (Å²) in [7, 11) is 1.59. The molecular formula is C15H13BrF2O. The first-order valence-electron chi connectivity index (χ1n) is 5.82. The molecule has 2 aromatic carbocycles. The normalized spacial score (nSPS) is 12.2. The van der Waals surface area contributed by atoms with Gasteiger partial charge in [-0.2, -0.15) is 0 Å². The summed E-state index contributed by atoms with van der Waals surface area (Å²) < 4.78 is 32.1. The van der Waals surface area contributed by atoms with Crippen molar-refractivity contribution in [3.05, 3.63) is 65.2 Å². The molecule has 0 N–H and O–H groups in total. The van der Waals surface area contributed by atoms with Crippen LogP contribution < -0.4 is 4.74 Å². The maximum Gasteiger partial charge on any atom is 0.127 e. The van der Waals surface area contributed by atoms with Gasteiger partial charge in [0.1, 0.15) is 17.4 Å². The van der Waals surface area contributed by atoms with Gasteiger partial charge in [0.25, 0.3) is 0 Å². The van der Waals surface area contributed by atoms with Gasteiger partial charge in [0.05, 0.1) is 7.11 Å². The summed E-state index contributed by atoms with van der Waals surface area (Å²) in [6.45, 7) is 0. The highest BCUT2D eigenvalue weighted by Crippen LogP contribution is 2.32. The van der Waals surface area contributed by atoms with E-state index in [0.717, 1.165) is 23.4 Å². The minimum Gasteiger partial charge on any atom is -0.496 e. The van der Waals surface area contributed by atoms with Gasteiger partial charge >= 0.3 is 0 Å². The summed E-state index contributed by atoms with van der Waals surface area (Å²) in [4.78, 5) is -0.306. The van der Waals surface area contributed by atoms with Crippen LogP contribution in [0.4, 0.5) is 8.78 Å². The van der Waals surface area contributed by atoms with Gasteiger partial charge in [-0.3, -0.25) is 0 Å². The molecule has 0 fully saturated rings. The van der Waals surface area contributed by atoms with Gasteiger partial charge in [0, 0.05) is 10.4 Å². The standard InChI is InChI=1S/C15H13BrF2O/c1-19-15-5-3-2-4-10(15)8-13(16)12-9-11(17)6-7-14(12)18/h2-7,9,13H,8H2,1H3. The lowest BCUT2D eigenvalue weighted by atomic mass is 10.0. The molecule has 0 radical (unpaired) electrons. The highest BCUT2D eigenvalue weighted by atomic mass is 79.9. The summed E-state index contributed by atoms with van der Waals surface area (Å²) >= 11 is 3.41. The molecule has 19 heavy (non-hydrogen) atoms. The largest absolute Gasteiger partial charge is 0.496 e. The third-order valence-corrected chi connectivity index (χ3v) is 3.70. The number of hydrogen-bond acceptors (Lipinski definition) is 1. The second-order valence-electron chi connectivity index (χ2n) is 4.15. The number of hydrogen-bond donors (Lipinski definition) is 0. The van der Waals surface area contributed by atoms with Crippen molar-refractivity contribution < 1.29 is 13.5 Å². The number of ether oxygens (including phenoxy) is 1. The van der Waals surface area contributed by atoms with E-state index in [-0.39, 0.29) is 4.83 Å². The number of rotatable bonds is 4. The van der Waals surface area contributed by atoms with Gasteiger partial charge in [-0.1, -0.05) is 34.1 Å². The Kier molecular flexibility index (Phi) is 4.53. The summed E-state index contributed by atoms with van der Waals surface area (Å²) in [6, 6.07) is 11.0. The molecule has 100 valence electrons. The molecule has 4 heteroatoms. The van der Waals surface area contributed by atoms with Crippen LogP contribution in [0.15, 0.2) is 42.5 Å². The molecule has 0 aromatic heterocycles. The summed E-state index contributed by atoms with van der Waals surface area (Å²) in [5.74, 6) is -0.122. The van der Waals surface area contributed by atoms with Gasteiger partial charge in [0.15, 0.2) is 0 Å². The molecule has 2 aromatic rings. The fraction of sp³-hybridized carbons (Fsp3) is 0.200. The van der Waals surface area contributed by atoms with Crippen LogP contribution in [0.5, 0.6) is 5.75 Å². The van der Waals surface area contributed by atoms with Crippen molar-refractivity contribution in [1.82, 2.24) is 0 Å². The quantitative estimate of drug-likeness (QED) is 0.743. The molecule has 0 amide bonds. The first-order valence-corrected chi connectivity index (χ1v) is 6.74. The lowest BCUT2D eigenvalue weighted by Crippen LogP contribution is -2.01. The predicted molar refractivity (Wildman–Crippen MR) is 74.7 cm³/mol. The zero-order valence-corrected chi connectivity index (χ0v) is 12.0. The third kappa shape index (κ3) is 3.32. The topological polar surface area (TPSA) is 9.23 Å². The minimum atomic E-state index is -0.444. The van der Waals surface area contributed by atoms with Crippen LogP contribution >= 0.6 is 15.9 Å². The second kappa shape index (κ2) is 6.15. The SMILES string of the molecule is COc1ccccc1CC(Br)c1cc(F)ccc1F. The van der Waals surface area contributed by atoms with Crippen LogP contribution in [0.1, 0.15) is 16.0 Å². The monoisotopic (exact) mass is 326 g/mol. The molecule has 0 spiro atoms. The molecule has 0 saturated carbocycles. The Hall–Kier alpha value is -1.42. The molecule has 0 saturated heterocycles. The van der Waals surface area contributed by atoms with Crippen LogP contribution in [-0.4, -0.2) is 7.11 Å². The highest BCUT2D eigenvalue weighted by Gasteiger charge is 2.16. The molecule has 1 nitrogen and oxygen atoms in total. The van der Waals surface area contributed by atoms with E-state index in [9.17, 15) is 8.78 Å². The third-order valence-electron chi connectivity index (χ3n) is 2.89. The van der Waals surface area contributed by atoms with Gasteiger partial charge < -0.3 is 4.74 Å². The Balaban J connectivity index is 2.25. The lowest BCUT2D eigenvalue weighted by Gasteiger charge is -2.14. The van der Waals surface area contributed by atoms with E-state index >= 15 is 0 Å². The smallest absolute Gasteiger partial charge is 0.127 e. The van der Waals surface area contributed by atoms with Crippen LogP contribution in [0.2, 0.25) is 0 Å². The molecule has 0 aliphatic rings. The second-order valence-corrected chi connectivity index (χ2v) is 5.25. The van der Waals surface area contributed by atoms with E-state index < -0.39 is 11.6 Å². The number of benzene rings is 2. The summed E-state index contributed by atoms with van der Waals surface area (Å²) in [5.41, 5.74) is 1.25. The Bertz CT molecular complexity index is 572. The van der Waals surface area contributed by atoms with E-state index in [0.29, 0.717) is 12.0 Å². The Labute approximate surface area is 119 Å². The molecule has 0 aliphatic heterocycles. The van der Waals surface area contributed by atoms with Gasteiger partial charge in [-0.05, 0) is 36.2 Å². The first kappa shape index (κ1) is 14.0. The van der Waals surface area contributed by atoms with Crippen molar-refractivity contribution in [2.24, 2.45) is 0 Å². The first-order chi connectivity index (χ1) is 9.11. The number of para-hydroxylation sites is 1. The van der Waals surface area contributed by atoms with Crippen molar-refractivity contribution in [1.29, 1.82) is 0 Å². The minimum absolute atomic E-state index is 0.306. The molecule has 1 atom stereocenters. The molecule has 2 rings (SSSR count). The summed E-state index contributed by atoms with van der Waals surface area (Å²) in [6.07, 6.45) is 0.518. The van der Waals surface area contributed by atoms with Crippen molar-refractivity contribution in [2.75, 3.05) is 7.11 Å². The Morgan fingerprint density at radius 3 is 2.63 bits per heavy atom. The number of halogens is 3. The average Bonchev–Trinajstić information content (AvgIpc) is 2.42. The maximum absolute atomic E-state index is 13.7. The lowest BCUT2D eigenvalue weighted by molar-refractivity contribution is 0.409. The predicted octanol–water partition coefficient (Wildman–Crippen LogP) is 4.65. The average molecular weight is 327 g/mol. The van der Waals surface area contributed by atoms with Crippen LogP contribution in [0.25, 0.3) is 0 Å². The molecule has 0 aliphatic carbocycles. The van der Waals surface area contributed by atoms with E-state index in [2.05, 4.69) is 15.9 Å². The van der Waals surface area contributed by atoms with E-state index in [4.69, 9.17) is 4.74 Å². The van der Waals surface area contributed by atoms with Gasteiger partial charge in [0.2, 0.25) is 0 Å². The summed E-state index contributed by atoms with van der Waals surface area (Å²) in [5, 5.41) is 0. The van der Waals surface area contributed by atoms with Crippen molar-refractivity contribution in [3.63, 3.8) is 0 Å². The van der Waals surface area contributed by atoms with E-state index in [1.165, 1.54) is 6.07 Å². The van der Waals surface area contributed by atoms with Crippen LogP contribution in [-0.2, 0) is 6.42 Å². The molecule has 0 heterocycles. The molecule has 1 unspecified atom stereocenters. The fourth-order valence-electron chi connectivity index (χ4n) is 1.93. The van der Waals surface area contributed by atoms with Crippen LogP contribution in [0, 0.1) is 11.6 Å². The zero-order valence-electron chi connectivity index (χ0n) is 10.4. The number of alkyl halides is 1. The Morgan fingerprint density at radius 2 is 1.89 bits per heavy atom. The fourth-order valence-corrected chi connectivity index (χ4v) is 2.63. The highest BCUT2D eigenvalue weighted by molar-refractivity contribution is 9.09. The van der Waals surface area contributed by atoms with Crippen molar-refractivity contribution in [2.45, 2.75) is 11.2 Å². The molecule has 0 bridgehead atoms. The zero-order chi connectivity index (χ0) is 13.8. The van der Waals surface area contributed by atoms with Gasteiger partial charge in [-0.15, -0.1) is 0 Å². The maximum atomic E-state index is 13.7.